The zero-order valence-electron chi connectivity index (χ0n) is 9.84. The molecule has 2 nitrogen and oxygen atoms in total. The molecule has 0 aliphatic rings. The van der Waals surface area contributed by atoms with E-state index in [0.29, 0.717) is 12.2 Å². The van der Waals surface area contributed by atoms with Crippen molar-refractivity contribution in [1.29, 1.82) is 0 Å². The quantitative estimate of drug-likeness (QED) is 0.869. The fraction of sp³-hybridized carbons (Fsp3) is 0.200. The maximum atomic E-state index is 9.67. The minimum absolute atomic E-state index is 0.0331. The molecule has 1 N–H and O–H groups in total. The Morgan fingerprint density at radius 1 is 1.00 bits per heavy atom. The average molecular weight is 228 g/mol. The van der Waals surface area contributed by atoms with Gasteiger partial charge in [0.1, 0.15) is 17.6 Å². The first-order chi connectivity index (χ1) is 8.25. The summed E-state index contributed by atoms with van der Waals surface area (Å²) in [5, 5.41) is 9.67. The molecule has 2 heteroatoms. The van der Waals surface area contributed by atoms with E-state index in [-0.39, 0.29) is 6.10 Å². The Hall–Kier alpha value is -1.96. The lowest BCUT2D eigenvalue weighted by atomic mass is 10.1. The highest BCUT2D eigenvalue weighted by Crippen LogP contribution is 2.19. The first-order valence-corrected chi connectivity index (χ1v) is 5.74. The standard InChI is InChI=1S/C15H16O2/c1-12(17-14-8-3-2-4-9-14)11-13-7-5-6-10-15(13)16/h2-10,12,16H,11H2,1H3. The second kappa shape index (κ2) is 5.39. The molecule has 0 saturated carbocycles. The Labute approximate surface area is 101 Å². The number of ether oxygens (including phenoxy) is 1. The Kier molecular flexibility index (Phi) is 3.66. The maximum Gasteiger partial charge on any atom is 0.119 e. The zero-order valence-corrected chi connectivity index (χ0v) is 9.84. The molecule has 0 aromatic heterocycles. The van der Waals surface area contributed by atoms with E-state index >= 15 is 0 Å². The van der Waals surface area contributed by atoms with Gasteiger partial charge in [0.2, 0.25) is 0 Å². The fourth-order valence-electron chi connectivity index (χ4n) is 1.77. The van der Waals surface area contributed by atoms with E-state index in [2.05, 4.69) is 0 Å². The molecule has 0 radical (unpaired) electrons. The number of aromatic hydroxyl groups is 1. The van der Waals surface area contributed by atoms with Crippen LogP contribution in [0.2, 0.25) is 0 Å². The van der Waals surface area contributed by atoms with Crippen molar-refractivity contribution in [1.82, 2.24) is 0 Å². The van der Waals surface area contributed by atoms with Crippen molar-refractivity contribution in [3.05, 3.63) is 60.2 Å². The first-order valence-electron chi connectivity index (χ1n) is 5.74. The lowest BCUT2D eigenvalue weighted by molar-refractivity contribution is 0.221. The smallest absolute Gasteiger partial charge is 0.119 e. The molecule has 0 amide bonds. The van der Waals surface area contributed by atoms with Crippen LogP contribution in [0.15, 0.2) is 54.6 Å². The summed E-state index contributed by atoms with van der Waals surface area (Å²) >= 11 is 0. The molecule has 0 heterocycles. The number of hydrogen-bond donors (Lipinski definition) is 1. The van der Waals surface area contributed by atoms with Crippen LogP contribution in [0.1, 0.15) is 12.5 Å². The van der Waals surface area contributed by atoms with E-state index in [1.54, 1.807) is 6.07 Å². The van der Waals surface area contributed by atoms with Gasteiger partial charge < -0.3 is 9.84 Å². The van der Waals surface area contributed by atoms with Gasteiger partial charge in [-0.25, -0.2) is 0 Å². The summed E-state index contributed by atoms with van der Waals surface area (Å²) in [6, 6.07) is 17.1. The van der Waals surface area contributed by atoms with Gasteiger partial charge in [-0.15, -0.1) is 0 Å². The zero-order chi connectivity index (χ0) is 12.1. The SMILES string of the molecule is CC(Cc1ccccc1O)Oc1ccccc1. The van der Waals surface area contributed by atoms with Gasteiger partial charge in [-0.05, 0) is 30.7 Å². The average Bonchev–Trinajstić information content (AvgIpc) is 2.33. The first kappa shape index (κ1) is 11.5. The fourth-order valence-corrected chi connectivity index (χ4v) is 1.77. The van der Waals surface area contributed by atoms with Gasteiger partial charge in [0.15, 0.2) is 0 Å². The molecule has 0 aliphatic heterocycles. The minimum Gasteiger partial charge on any atom is -0.508 e. The van der Waals surface area contributed by atoms with Crippen LogP contribution in [-0.4, -0.2) is 11.2 Å². The van der Waals surface area contributed by atoms with Crippen molar-refractivity contribution in [3.63, 3.8) is 0 Å². The molecule has 0 spiro atoms. The molecular weight excluding hydrogens is 212 g/mol. The highest BCUT2D eigenvalue weighted by atomic mass is 16.5. The molecule has 17 heavy (non-hydrogen) atoms. The molecule has 1 unspecified atom stereocenters. The summed E-state index contributed by atoms with van der Waals surface area (Å²) in [5.74, 6) is 1.19. The number of rotatable bonds is 4. The topological polar surface area (TPSA) is 29.5 Å². The van der Waals surface area contributed by atoms with Gasteiger partial charge in [-0.1, -0.05) is 36.4 Å². The number of para-hydroxylation sites is 2. The largest absolute Gasteiger partial charge is 0.508 e. The van der Waals surface area contributed by atoms with E-state index < -0.39 is 0 Å². The summed E-state index contributed by atoms with van der Waals surface area (Å²) in [5.41, 5.74) is 0.913. The molecule has 2 rings (SSSR count). The summed E-state index contributed by atoms with van der Waals surface area (Å²) < 4.78 is 5.76. The maximum absolute atomic E-state index is 9.67. The van der Waals surface area contributed by atoms with Gasteiger partial charge in [0.25, 0.3) is 0 Å². The summed E-state index contributed by atoms with van der Waals surface area (Å²) in [6.45, 7) is 2.00. The normalized spacial score (nSPS) is 12.1. The van der Waals surface area contributed by atoms with Crippen molar-refractivity contribution >= 4 is 0 Å². The second-order valence-corrected chi connectivity index (χ2v) is 4.07. The lowest BCUT2D eigenvalue weighted by Gasteiger charge is -2.15. The molecule has 2 aromatic carbocycles. The number of hydrogen-bond acceptors (Lipinski definition) is 2. The monoisotopic (exact) mass is 228 g/mol. The Morgan fingerprint density at radius 3 is 2.35 bits per heavy atom. The number of benzene rings is 2. The van der Waals surface area contributed by atoms with Crippen LogP contribution in [-0.2, 0) is 6.42 Å². The molecule has 0 fully saturated rings. The van der Waals surface area contributed by atoms with Gasteiger partial charge in [-0.3, -0.25) is 0 Å². The van der Waals surface area contributed by atoms with Gasteiger partial charge in [0, 0.05) is 6.42 Å². The Morgan fingerprint density at radius 2 is 1.65 bits per heavy atom. The van der Waals surface area contributed by atoms with Crippen LogP contribution >= 0.6 is 0 Å². The number of phenolic OH excluding ortho intramolecular Hbond substituents is 1. The van der Waals surface area contributed by atoms with Gasteiger partial charge >= 0.3 is 0 Å². The van der Waals surface area contributed by atoms with Crippen LogP contribution in [0.4, 0.5) is 0 Å². The van der Waals surface area contributed by atoms with E-state index in [0.717, 1.165) is 11.3 Å². The van der Waals surface area contributed by atoms with Crippen molar-refractivity contribution < 1.29 is 9.84 Å². The van der Waals surface area contributed by atoms with E-state index in [9.17, 15) is 5.11 Å². The predicted octanol–water partition coefficient (Wildman–Crippen LogP) is 3.40. The summed E-state index contributed by atoms with van der Waals surface area (Å²) in [7, 11) is 0. The van der Waals surface area contributed by atoms with E-state index in [1.165, 1.54) is 0 Å². The Bertz CT molecular complexity index is 465. The molecule has 2 aromatic rings. The molecule has 0 aliphatic carbocycles. The second-order valence-electron chi connectivity index (χ2n) is 4.07. The van der Waals surface area contributed by atoms with Gasteiger partial charge in [-0.2, -0.15) is 0 Å². The van der Waals surface area contributed by atoms with Crippen molar-refractivity contribution in [2.75, 3.05) is 0 Å². The van der Waals surface area contributed by atoms with Crippen molar-refractivity contribution in [3.8, 4) is 11.5 Å². The molecule has 0 saturated heterocycles. The van der Waals surface area contributed by atoms with Crippen LogP contribution in [0, 0.1) is 0 Å². The minimum atomic E-state index is 0.0331. The van der Waals surface area contributed by atoms with Crippen molar-refractivity contribution in [2.45, 2.75) is 19.4 Å². The third kappa shape index (κ3) is 3.25. The lowest BCUT2D eigenvalue weighted by Crippen LogP contribution is -2.15. The van der Waals surface area contributed by atoms with E-state index in [1.807, 2.05) is 55.5 Å². The van der Waals surface area contributed by atoms with Crippen LogP contribution in [0.3, 0.4) is 0 Å². The molecule has 1 atom stereocenters. The Balaban J connectivity index is 1.98. The molecular formula is C15H16O2. The predicted molar refractivity (Wildman–Crippen MR) is 68.3 cm³/mol. The molecule has 88 valence electrons. The summed E-state index contributed by atoms with van der Waals surface area (Å²) in [6.07, 6.45) is 0.729. The molecule has 0 bridgehead atoms. The number of phenols is 1. The highest BCUT2D eigenvalue weighted by molar-refractivity contribution is 5.32. The van der Waals surface area contributed by atoms with Crippen molar-refractivity contribution in [2.24, 2.45) is 0 Å². The summed E-state index contributed by atoms with van der Waals surface area (Å²) in [4.78, 5) is 0. The van der Waals surface area contributed by atoms with Crippen LogP contribution < -0.4 is 4.74 Å². The van der Waals surface area contributed by atoms with E-state index in [4.69, 9.17) is 4.74 Å². The van der Waals surface area contributed by atoms with Crippen LogP contribution in [0.25, 0.3) is 0 Å². The highest BCUT2D eigenvalue weighted by Gasteiger charge is 2.08. The van der Waals surface area contributed by atoms with Gasteiger partial charge in [0.05, 0.1) is 0 Å². The third-order valence-corrected chi connectivity index (χ3v) is 2.58. The van der Waals surface area contributed by atoms with Crippen LogP contribution in [0.5, 0.6) is 11.5 Å². The third-order valence-electron chi connectivity index (χ3n) is 2.58.